The standard InChI is InChI=1S/C51H100NO7P/c1-6-8-10-12-14-16-18-20-22-24-25-26-27-29-31-33-35-37-39-41-43-46-56-48-50(49-58-60(54,55)57-47-45-52(3,4)5)59-51(53)44-42-40-38-36-34-32-30-28-23-21-19-17-15-13-11-9-7-2/h15,17,21,23,50H,6-14,16,18-20,22,24-49H2,1-5H3/b17-15-,23-21-. The van der Waals surface area contributed by atoms with Crippen LogP contribution in [0.25, 0.3) is 0 Å². The molecule has 356 valence electrons. The summed E-state index contributed by atoms with van der Waals surface area (Å²) >= 11 is 0. The van der Waals surface area contributed by atoms with Gasteiger partial charge in [-0.2, -0.15) is 0 Å². The number of ether oxygens (including phenoxy) is 2. The first-order chi connectivity index (χ1) is 29.1. The van der Waals surface area contributed by atoms with Gasteiger partial charge in [-0.3, -0.25) is 9.36 Å². The average molecular weight is 870 g/mol. The van der Waals surface area contributed by atoms with E-state index in [2.05, 4.69) is 38.2 Å². The maximum Gasteiger partial charge on any atom is 0.306 e. The lowest BCUT2D eigenvalue weighted by Gasteiger charge is -2.28. The molecule has 0 aliphatic heterocycles. The third-order valence-corrected chi connectivity index (χ3v) is 12.2. The van der Waals surface area contributed by atoms with Gasteiger partial charge in [0.15, 0.2) is 0 Å². The largest absolute Gasteiger partial charge is 0.756 e. The third kappa shape index (κ3) is 48.0. The number of allylic oxidation sites excluding steroid dienone is 4. The molecule has 9 heteroatoms. The highest BCUT2D eigenvalue weighted by Crippen LogP contribution is 2.38. The molecule has 0 N–H and O–H groups in total. The van der Waals surface area contributed by atoms with Crippen LogP contribution < -0.4 is 4.89 Å². The van der Waals surface area contributed by atoms with Crippen LogP contribution in [-0.2, 0) is 27.9 Å². The van der Waals surface area contributed by atoms with Gasteiger partial charge in [0.1, 0.15) is 19.3 Å². The van der Waals surface area contributed by atoms with Crippen molar-refractivity contribution in [1.82, 2.24) is 0 Å². The fourth-order valence-corrected chi connectivity index (χ4v) is 8.01. The summed E-state index contributed by atoms with van der Waals surface area (Å²) < 4.78 is 34.7. The van der Waals surface area contributed by atoms with E-state index in [9.17, 15) is 14.3 Å². The van der Waals surface area contributed by atoms with E-state index >= 15 is 0 Å². The summed E-state index contributed by atoms with van der Waals surface area (Å²) in [6.45, 7) is 5.43. The summed E-state index contributed by atoms with van der Waals surface area (Å²) in [4.78, 5) is 25.1. The van der Waals surface area contributed by atoms with E-state index in [1.54, 1.807) is 0 Å². The number of carbonyl (C=O) groups excluding carboxylic acids is 1. The van der Waals surface area contributed by atoms with Crippen LogP contribution >= 0.6 is 7.82 Å². The Balaban J connectivity index is 4.11. The van der Waals surface area contributed by atoms with Crippen molar-refractivity contribution < 1.29 is 37.3 Å². The minimum Gasteiger partial charge on any atom is -0.756 e. The van der Waals surface area contributed by atoms with E-state index in [0.717, 1.165) is 44.9 Å². The van der Waals surface area contributed by atoms with Crippen LogP contribution in [0.2, 0.25) is 0 Å². The molecule has 8 nitrogen and oxygen atoms in total. The number of likely N-dealkylation sites (N-methyl/N-ethyl adjacent to an activating group) is 1. The molecule has 0 aliphatic rings. The van der Waals surface area contributed by atoms with E-state index in [1.165, 1.54) is 173 Å². The minimum atomic E-state index is -4.53. The molecule has 2 atom stereocenters. The van der Waals surface area contributed by atoms with E-state index in [1.807, 2.05) is 21.1 Å². The van der Waals surface area contributed by atoms with E-state index in [4.69, 9.17) is 18.5 Å². The lowest BCUT2D eigenvalue weighted by Crippen LogP contribution is -2.37. The molecular formula is C51H100NO7P. The van der Waals surface area contributed by atoms with Crippen LogP contribution in [0, 0.1) is 0 Å². The monoisotopic (exact) mass is 870 g/mol. The SMILES string of the molecule is CCCCC/C=C\C/C=C\CCCCCCCCCC(=O)OC(COCCCCCCCCCCCCCCCCCCCCCCC)COP(=O)([O-])OCC[N+](C)(C)C. The van der Waals surface area contributed by atoms with E-state index in [-0.39, 0.29) is 25.8 Å². The van der Waals surface area contributed by atoms with Crippen molar-refractivity contribution in [1.29, 1.82) is 0 Å². The number of hydrogen-bond donors (Lipinski definition) is 0. The molecule has 2 unspecified atom stereocenters. The van der Waals surface area contributed by atoms with Gasteiger partial charge in [-0.15, -0.1) is 0 Å². The summed E-state index contributed by atoms with van der Waals surface area (Å²) in [6, 6.07) is 0. The Kier molecular flexibility index (Phi) is 43.8. The highest BCUT2D eigenvalue weighted by molar-refractivity contribution is 7.45. The van der Waals surface area contributed by atoms with Gasteiger partial charge >= 0.3 is 5.97 Å². The smallest absolute Gasteiger partial charge is 0.306 e. The van der Waals surface area contributed by atoms with Gasteiger partial charge < -0.3 is 27.9 Å². The van der Waals surface area contributed by atoms with Crippen molar-refractivity contribution >= 4 is 13.8 Å². The quantitative estimate of drug-likeness (QED) is 0.0198. The number of carbonyl (C=O) groups is 1. The molecule has 0 bridgehead atoms. The Labute approximate surface area is 373 Å². The first-order valence-corrected chi connectivity index (χ1v) is 27.0. The Morgan fingerprint density at radius 2 is 0.917 bits per heavy atom. The second kappa shape index (κ2) is 44.6. The van der Waals surface area contributed by atoms with Crippen LogP contribution in [0.1, 0.15) is 239 Å². The fraction of sp³-hybridized carbons (Fsp3) is 0.902. The topological polar surface area (TPSA) is 94.1 Å². The molecule has 0 saturated carbocycles. The zero-order valence-corrected chi connectivity index (χ0v) is 41.3. The summed E-state index contributed by atoms with van der Waals surface area (Å²) in [6.07, 6.45) is 52.0. The van der Waals surface area contributed by atoms with Gasteiger partial charge in [0.05, 0.1) is 34.4 Å². The normalized spacial score (nSPS) is 13.8. The molecular weight excluding hydrogens is 770 g/mol. The van der Waals surface area contributed by atoms with Crippen LogP contribution in [0.4, 0.5) is 0 Å². The van der Waals surface area contributed by atoms with Crippen molar-refractivity contribution in [3.63, 3.8) is 0 Å². The summed E-state index contributed by atoms with van der Waals surface area (Å²) in [7, 11) is 1.36. The Morgan fingerprint density at radius 1 is 0.517 bits per heavy atom. The van der Waals surface area contributed by atoms with Gasteiger partial charge in [0.2, 0.25) is 0 Å². The Bertz CT molecular complexity index is 1010. The first kappa shape index (κ1) is 59.0. The molecule has 0 amide bonds. The number of hydrogen-bond acceptors (Lipinski definition) is 7. The van der Waals surface area contributed by atoms with E-state index < -0.39 is 13.9 Å². The molecule has 0 aromatic carbocycles. The second-order valence-electron chi connectivity index (χ2n) is 18.5. The molecule has 0 aromatic rings. The molecule has 0 heterocycles. The van der Waals surface area contributed by atoms with Gasteiger partial charge in [-0.25, -0.2) is 0 Å². The predicted octanol–water partition coefficient (Wildman–Crippen LogP) is 14.9. The van der Waals surface area contributed by atoms with Crippen molar-refractivity contribution in [3.05, 3.63) is 24.3 Å². The molecule has 0 rings (SSSR count). The number of phosphoric acid groups is 1. The van der Waals surface area contributed by atoms with Crippen LogP contribution in [0.3, 0.4) is 0 Å². The zero-order valence-electron chi connectivity index (χ0n) is 40.4. The highest BCUT2D eigenvalue weighted by atomic mass is 31.2. The maximum absolute atomic E-state index is 12.7. The molecule has 0 fully saturated rings. The van der Waals surface area contributed by atoms with Crippen molar-refractivity contribution in [2.45, 2.75) is 245 Å². The van der Waals surface area contributed by atoms with Gasteiger partial charge in [0.25, 0.3) is 7.82 Å². The number of phosphoric ester groups is 1. The Hall–Kier alpha value is -1.02. The predicted molar refractivity (Wildman–Crippen MR) is 254 cm³/mol. The number of quaternary nitrogens is 1. The van der Waals surface area contributed by atoms with Crippen LogP contribution in [0.15, 0.2) is 24.3 Å². The fourth-order valence-electron chi connectivity index (χ4n) is 7.28. The summed E-state index contributed by atoms with van der Waals surface area (Å²) in [5, 5.41) is 0. The first-order valence-electron chi connectivity index (χ1n) is 25.6. The molecule has 0 aromatic heterocycles. The summed E-state index contributed by atoms with van der Waals surface area (Å²) in [5.74, 6) is -0.337. The number of unbranched alkanes of at least 4 members (excludes halogenated alkanes) is 30. The van der Waals surface area contributed by atoms with Gasteiger partial charge in [-0.05, 0) is 44.9 Å². The zero-order chi connectivity index (χ0) is 44.1. The van der Waals surface area contributed by atoms with E-state index in [0.29, 0.717) is 24.1 Å². The molecule has 0 radical (unpaired) electrons. The van der Waals surface area contributed by atoms with Crippen molar-refractivity contribution in [2.24, 2.45) is 0 Å². The lowest BCUT2D eigenvalue weighted by atomic mass is 10.0. The number of nitrogens with zero attached hydrogens (tertiary/aromatic N) is 1. The van der Waals surface area contributed by atoms with Gasteiger partial charge in [-0.1, -0.05) is 212 Å². The Morgan fingerprint density at radius 3 is 1.38 bits per heavy atom. The lowest BCUT2D eigenvalue weighted by molar-refractivity contribution is -0.870. The molecule has 0 aliphatic carbocycles. The summed E-state index contributed by atoms with van der Waals surface area (Å²) in [5.41, 5.74) is 0. The second-order valence-corrected chi connectivity index (χ2v) is 19.9. The number of esters is 1. The van der Waals surface area contributed by atoms with Crippen LogP contribution in [0.5, 0.6) is 0 Å². The number of rotatable bonds is 48. The minimum absolute atomic E-state index is 0.0267. The third-order valence-electron chi connectivity index (χ3n) is 11.3. The molecule has 0 spiro atoms. The molecule has 60 heavy (non-hydrogen) atoms. The molecule has 0 saturated heterocycles. The van der Waals surface area contributed by atoms with Crippen molar-refractivity contribution in [3.8, 4) is 0 Å². The highest BCUT2D eigenvalue weighted by Gasteiger charge is 2.20. The van der Waals surface area contributed by atoms with Crippen LogP contribution in [-0.4, -0.2) is 70.7 Å². The maximum atomic E-state index is 12.7. The average Bonchev–Trinajstić information content (AvgIpc) is 3.20. The van der Waals surface area contributed by atoms with Gasteiger partial charge in [0, 0.05) is 13.0 Å². The van der Waals surface area contributed by atoms with Crippen molar-refractivity contribution in [2.75, 3.05) is 54.1 Å².